The number of aliphatic hydroxyl groups is 1. The van der Waals surface area contributed by atoms with Gasteiger partial charge >= 0.3 is 5.97 Å². The molecule has 0 saturated carbocycles. The minimum Gasteiger partial charge on any atom is -0.462 e. The molecule has 4 nitrogen and oxygen atoms in total. The van der Waals surface area contributed by atoms with E-state index in [9.17, 15) is 9.90 Å². The van der Waals surface area contributed by atoms with Crippen molar-refractivity contribution >= 4 is 11.7 Å². The van der Waals surface area contributed by atoms with Crippen LogP contribution >= 0.6 is 0 Å². The lowest BCUT2D eigenvalue weighted by molar-refractivity contribution is 0.0527. The molecule has 0 aliphatic rings. The lowest BCUT2D eigenvalue weighted by Gasteiger charge is -2.11. The number of nitrogen functional groups attached to an aromatic ring is 1. The molecule has 1 unspecified atom stereocenters. The summed E-state index contributed by atoms with van der Waals surface area (Å²) in [5.41, 5.74) is 7.13. The molecule has 0 aromatic heterocycles. The zero-order chi connectivity index (χ0) is 12.1. The Balaban J connectivity index is 2.95. The predicted molar refractivity (Wildman–Crippen MR) is 62.1 cm³/mol. The number of esters is 1. The average Bonchev–Trinajstić information content (AvgIpc) is 2.28. The molecular weight excluding hydrogens is 206 g/mol. The summed E-state index contributed by atoms with van der Waals surface area (Å²) in [5.74, 6) is -0.433. The average molecular weight is 223 g/mol. The number of ether oxygens (including phenoxy) is 1. The second kappa shape index (κ2) is 5.51. The molecule has 0 fully saturated rings. The number of nitrogens with two attached hydrogens (primary N) is 1. The summed E-state index contributed by atoms with van der Waals surface area (Å²) in [4.78, 5) is 11.5. The molecule has 3 N–H and O–H groups in total. The van der Waals surface area contributed by atoms with Crippen LogP contribution < -0.4 is 5.73 Å². The van der Waals surface area contributed by atoms with Gasteiger partial charge in [-0.05, 0) is 31.0 Å². The van der Waals surface area contributed by atoms with Crippen molar-refractivity contribution in [2.24, 2.45) is 0 Å². The topological polar surface area (TPSA) is 72.5 Å². The van der Waals surface area contributed by atoms with Gasteiger partial charge in [0.05, 0.1) is 18.3 Å². The Morgan fingerprint density at radius 2 is 2.19 bits per heavy atom. The lowest BCUT2D eigenvalue weighted by atomic mass is 10.0. The zero-order valence-corrected chi connectivity index (χ0v) is 9.56. The minimum atomic E-state index is -0.543. The number of hydrogen-bond acceptors (Lipinski definition) is 4. The van der Waals surface area contributed by atoms with Crippen LogP contribution in [0.4, 0.5) is 5.69 Å². The molecule has 1 rings (SSSR count). The first-order valence-corrected chi connectivity index (χ1v) is 5.34. The fourth-order valence-electron chi connectivity index (χ4n) is 1.42. The first-order chi connectivity index (χ1) is 7.60. The van der Waals surface area contributed by atoms with Gasteiger partial charge in [0.2, 0.25) is 0 Å². The highest BCUT2D eigenvalue weighted by Gasteiger charge is 2.13. The Morgan fingerprint density at radius 1 is 1.50 bits per heavy atom. The molecule has 0 aliphatic carbocycles. The first-order valence-electron chi connectivity index (χ1n) is 5.34. The largest absolute Gasteiger partial charge is 0.462 e. The van der Waals surface area contributed by atoms with Crippen LogP contribution in [0.3, 0.4) is 0 Å². The molecule has 1 aromatic rings. The van der Waals surface area contributed by atoms with Crippen LogP contribution in [-0.2, 0) is 4.74 Å². The van der Waals surface area contributed by atoms with Crippen LogP contribution in [0, 0.1) is 0 Å². The minimum absolute atomic E-state index is 0.317. The molecule has 0 saturated heterocycles. The Kier molecular flexibility index (Phi) is 4.31. The van der Waals surface area contributed by atoms with Gasteiger partial charge in [-0.1, -0.05) is 13.0 Å². The lowest BCUT2D eigenvalue weighted by Crippen LogP contribution is -2.09. The predicted octanol–water partition coefficient (Wildman–Crippen LogP) is 1.89. The molecule has 0 bridgehead atoms. The van der Waals surface area contributed by atoms with E-state index in [-0.39, 0.29) is 0 Å². The molecule has 1 aromatic carbocycles. The van der Waals surface area contributed by atoms with Crippen molar-refractivity contribution in [1.82, 2.24) is 0 Å². The highest BCUT2D eigenvalue weighted by atomic mass is 16.5. The third-order valence-corrected chi connectivity index (χ3v) is 2.34. The number of rotatable bonds is 4. The van der Waals surface area contributed by atoms with Gasteiger partial charge in [0.15, 0.2) is 0 Å². The van der Waals surface area contributed by atoms with Gasteiger partial charge in [0, 0.05) is 5.69 Å². The van der Waals surface area contributed by atoms with E-state index in [1.54, 1.807) is 25.1 Å². The number of carbonyl (C=O) groups excluding carboxylic acids is 1. The van der Waals surface area contributed by atoms with Crippen molar-refractivity contribution in [1.29, 1.82) is 0 Å². The standard InChI is InChI=1S/C12H17NO3/c1-3-11(14)8-5-6-9(10(13)7-8)12(15)16-4-2/h5-7,11,14H,3-4,13H2,1-2H3. The monoisotopic (exact) mass is 223 g/mol. The normalized spacial score (nSPS) is 12.2. The third-order valence-electron chi connectivity index (χ3n) is 2.34. The Labute approximate surface area is 95.0 Å². The highest BCUT2D eigenvalue weighted by Crippen LogP contribution is 2.22. The summed E-state index contributed by atoms with van der Waals surface area (Å²) in [7, 11) is 0. The van der Waals surface area contributed by atoms with E-state index in [1.807, 2.05) is 6.92 Å². The fourth-order valence-corrected chi connectivity index (χ4v) is 1.42. The fraction of sp³-hybridized carbons (Fsp3) is 0.417. The van der Waals surface area contributed by atoms with E-state index in [1.165, 1.54) is 0 Å². The molecule has 16 heavy (non-hydrogen) atoms. The number of anilines is 1. The zero-order valence-electron chi connectivity index (χ0n) is 9.56. The van der Waals surface area contributed by atoms with E-state index < -0.39 is 12.1 Å². The van der Waals surface area contributed by atoms with Gasteiger partial charge in [-0.2, -0.15) is 0 Å². The highest BCUT2D eigenvalue weighted by molar-refractivity contribution is 5.95. The van der Waals surface area contributed by atoms with Crippen molar-refractivity contribution < 1.29 is 14.6 Å². The van der Waals surface area contributed by atoms with Gasteiger partial charge in [0.1, 0.15) is 0 Å². The summed E-state index contributed by atoms with van der Waals surface area (Å²) in [6.45, 7) is 3.93. The molecule has 88 valence electrons. The maximum Gasteiger partial charge on any atom is 0.340 e. The van der Waals surface area contributed by atoms with Crippen molar-refractivity contribution in [3.05, 3.63) is 29.3 Å². The summed E-state index contributed by atoms with van der Waals surface area (Å²) < 4.78 is 4.85. The Morgan fingerprint density at radius 3 is 2.69 bits per heavy atom. The first kappa shape index (κ1) is 12.5. The second-order valence-electron chi connectivity index (χ2n) is 3.49. The van der Waals surface area contributed by atoms with Gasteiger partial charge in [-0.25, -0.2) is 4.79 Å². The van der Waals surface area contributed by atoms with E-state index >= 15 is 0 Å². The second-order valence-corrected chi connectivity index (χ2v) is 3.49. The molecule has 0 aliphatic heterocycles. The molecule has 0 amide bonds. The van der Waals surface area contributed by atoms with Gasteiger partial charge in [-0.3, -0.25) is 0 Å². The van der Waals surface area contributed by atoms with Crippen molar-refractivity contribution in [2.75, 3.05) is 12.3 Å². The van der Waals surface area contributed by atoms with Gasteiger partial charge < -0.3 is 15.6 Å². The number of hydrogen-bond donors (Lipinski definition) is 2. The Hall–Kier alpha value is -1.55. The van der Waals surface area contributed by atoms with Crippen molar-refractivity contribution in [3.8, 4) is 0 Å². The summed E-state index contributed by atoms with van der Waals surface area (Å²) in [6.07, 6.45) is 0.0663. The number of carbonyl (C=O) groups is 1. The van der Waals surface area contributed by atoms with Crippen LogP contribution in [-0.4, -0.2) is 17.7 Å². The molecule has 0 spiro atoms. The van der Waals surface area contributed by atoms with Crippen LogP contribution in [0.15, 0.2) is 18.2 Å². The SMILES string of the molecule is CCOC(=O)c1ccc(C(O)CC)cc1N. The molecular formula is C12H17NO3. The van der Waals surface area contributed by atoms with Gasteiger partial charge in [0.25, 0.3) is 0 Å². The van der Waals surface area contributed by atoms with Crippen LogP contribution in [0.2, 0.25) is 0 Å². The summed E-state index contributed by atoms with van der Waals surface area (Å²) >= 11 is 0. The quantitative estimate of drug-likeness (QED) is 0.604. The number of benzene rings is 1. The van der Waals surface area contributed by atoms with Crippen LogP contribution in [0.1, 0.15) is 42.3 Å². The van der Waals surface area contributed by atoms with E-state index in [2.05, 4.69) is 0 Å². The maximum absolute atomic E-state index is 11.5. The van der Waals surface area contributed by atoms with Crippen LogP contribution in [0.25, 0.3) is 0 Å². The van der Waals surface area contributed by atoms with E-state index in [4.69, 9.17) is 10.5 Å². The molecule has 1 atom stereocenters. The number of aliphatic hydroxyl groups excluding tert-OH is 1. The van der Waals surface area contributed by atoms with Gasteiger partial charge in [-0.15, -0.1) is 0 Å². The Bertz CT molecular complexity index is 377. The smallest absolute Gasteiger partial charge is 0.340 e. The summed E-state index contributed by atoms with van der Waals surface area (Å²) in [5, 5.41) is 9.61. The molecule has 4 heteroatoms. The van der Waals surface area contributed by atoms with Crippen molar-refractivity contribution in [3.63, 3.8) is 0 Å². The molecule has 0 heterocycles. The van der Waals surface area contributed by atoms with Crippen LogP contribution in [0.5, 0.6) is 0 Å². The van der Waals surface area contributed by atoms with E-state index in [0.717, 1.165) is 0 Å². The van der Waals surface area contributed by atoms with E-state index in [0.29, 0.717) is 29.8 Å². The molecule has 0 radical (unpaired) electrons. The maximum atomic E-state index is 11.5. The van der Waals surface area contributed by atoms with Crippen molar-refractivity contribution in [2.45, 2.75) is 26.4 Å². The summed E-state index contributed by atoms with van der Waals surface area (Å²) in [6, 6.07) is 4.89. The third kappa shape index (κ3) is 2.73.